The number of carbonyl (C=O) groups is 1. The molecule has 1 fully saturated rings. The molecule has 0 saturated carbocycles. The van der Waals surface area contributed by atoms with Gasteiger partial charge in [0.2, 0.25) is 0 Å². The van der Waals surface area contributed by atoms with Crippen molar-refractivity contribution in [3.8, 4) is 0 Å². The number of amides is 1. The molecular formula is C26H25Cl3N2O2. The second-order valence-electron chi connectivity index (χ2n) is 7.89. The fourth-order valence-corrected chi connectivity index (χ4v) is 4.87. The van der Waals surface area contributed by atoms with Gasteiger partial charge in [-0.2, -0.15) is 0 Å². The maximum atomic E-state index is 13.6. The minimum absolute atomic E-state index is 0.0381. The highest BCUT2D eigenvalue weighted by Crippen LogP contribution is 2.37. The van der Waals surface area contributed by atoms with Crippen molar-refractivity contribution >= 4 is 46.4 Å². The average molecular weight is 504 g/mol. The van der Waals surface area contributed by atoms with E-state index in [-0.39, 0.29) is 11.9 Å². The Bertz CT molecular complexity index is 1090. The largest absolute Gasteiger partial charge is 0.364 e. The number of ether oxygens (including phenoxy) is 1. The number of carbonyl (C=O) groups excluding carboxylic acids is 1. The maximum absolute atomic E-state index is 13.6. The number of hydrogen-bond donors (Lipinski definition) is 0. The van der Waals surface area contributed by atoms with Gasteiger partial charge < -0.3 is 14.5 Å². The quantitative estimate of drug-likeness (QED) is 0.370. The zero-order valence-corrected chi connectivity index (χ0v) is 20.5. The number of benzene rings is 3. The fourth-order valence-electron chi connectivity index (χ4n) is 4.23. The molecule has 2 atom stereocenters. The van der Waals surface area contributed by atoms with Crippen LogP contribution in [0.1, 0.15) is 30.2 Å². The normalized spacial score (nSPS) is 17.2. The lowest BCUT2D eigenvalue weighted by atomic mass is 10.00. The Morgan fingerprint density at radius 3 is 2.33 bits per heavy atom. The first-order valence-corrected chi connectivity index (χ1v) is 12.0. The van der Waals surface area contributed by atoms with E-state index in [9.17, 15) is 4.79 Å². The second-order valence-corrected chi connectivity index (χ2v) is 9.17. The van der Waals surface area contributed by atoms with Gasteiger partial charge in [0.25, 0.3) is 5.91 Å². The van der Waals surface area contributed by atoms with Crippen LogP contribution < -0.4 is 4.90 Å². The molecule has 1 amide bonds. The van der Waals surface area contributed by atoms with Gasteiger partial charge >= 0.3 is 0 Å². The van der Waals surface area contributed by atoms with Crippen LogP contribution in [0.25, 0.3) is 0 Å². The van der Waals surface area contributed by atoms with Gasteiger partial charge in [-0.3, -0.25) is 4.79 Å². The molecule has 0 N–H and O–H groups in total. The van der Waals surface area contributed by atoms with Crippen molar-refractivity contribution in [1.82, 2.24) is 4.90 Å². The van der Waals surface area contributed by atoms with E-state index in [0.717, 1.165) is 16.8 Å². The van der Waals surface area contributed by atoms with E-state index in [1.807, 2.05) is 78.6 Å². The average Bonchev–Trinajstić information content (AvgIpc) is 2.83. The predicted octanol–water partition coefficient (Wildman–Crippen LogP) is 6.81. The molecule has 1 aliphatic heterocycles. The lowest BCUT2D eigenvalue weighted by molar-refractivity contribution is -0.145. The minimum Gasteiger partial charge on any atom is -0.364 e. The van der Waals surface area contributed by atoms with Crippen molar-refractivity contribution in [1.29, 1.82) is 0 Å². The van der Waals surface area contributed by atoms with E-state index in [1.54, 1.807) is 6.07 Å². The van der Waals surface area contributed by atoms with Crippen LogP contribution >= 0.6 is 34.8 Å². The Balaban J connectivity index is 1.65. The van der Waals surface area contributed by atoms with E-state index in [2.05, 4.69) is 4.90 Å². The third kappa shape index (κ3) is 5.47. The molecule has 0 aliphatic carbocycles. The third-order valence-corrected chi connectivity index (χ3v) is 6.62. The van der Waals surface area contributed by atoms with Crippen LogP contribution in [-0.2, 0) is 9.53 Å². The SMILES string of the molecule is CCOC(C(=O)N1CCN(c2ccc(Cl)cc2Cl)C(c2ccc(Cl)cc2)C1)c1ccccc1. The molecule has 3 aromatic carbocycles. The highest BCUT2D eigenvalue weighted by atomic mass is 35.5. The van der Waals surface area contributed by atoms with Gasteiger partial charge in [-0.25, -0.2) is 0 Å². The molecule has 3 aromatic rings. The van der Waals surface area contributed by atoms with E-state index >= 15 is 0 Å². The van der Waals surface area contributed by atoms with E-state index < -0.39 is 6.10 Å². The Labute approximate surface area is 209 Å². The molecule has 0 spiro atoms. The molecule has 4 rings (SSSR count). The van der Waals surface area contributed by atoms with E-state index in [0.29, 0.717) is 41.3 Å². The van der Waals surface area contributed by atoms with Gasteiger partial charge in [0.1, 0.15) is 0 Å². The second kappa shape index (κ2) is 10.8. The Hall–Kier alpha value is -2.24. The Kier molecular flexibility index (Phi) is 7.82. The molecule has 4 nitrogen and oxygen atoms in total. The number of halogens is 3. The molecule has 0 aromatic heterocycles. The Morgan fingerprint density at radius 1 is 0.970 bits per heavy atom. The predicted molar refractivity (Wildman–Crippen MR) is 135 cm³/mol. The zero-order valence-electron chi connectivity index (χ0n) is 18.3. The summed E-state index contributed by atoms with van der Waals surface area (Å²) in [6.07, 6.45) is -0.632. The van der Waals surface area contributed by atoms with Gasteiger partial charge in [-0.05, 0) is 48.4 Å². The smallest absolute Gasteiger partial charge is 0.256 e. The molecule has 1 heterocycles. The van der Waals surface area contributed by atoms with Gasteiger partial charge in [0.05, 0.1) is 16.8 Å². The number of piperazine rings is 1. The van der Waals surface area contributed by atoms with Crippen LogP contribution in [0.15, 0.2) is 72.8 Å². The minimum atomic E-state index is -0.632. The van der Waals surface area contributed by atoms with Crippen LogP contribution in [0.5, 0.6) is 0 Å². The summed E-state index contributed by atoms with van der Waals surface area (Å²) in [4.78, 5) is 17.7. The van der Waals surface area contributed by atoms with Crippen molar-refractivity contribution < 1.29 is 9.53 Å². The van der Waals surface area contributed by atoms with Crippen LogP contribution in [0.4, 0.5) is 5.69 Å². The molecule has 1 saturated heterocycles. The first-order valence-electron chi connectivity index (χ1n) is 10.9. The molecule has 0 radical (unpaired) electrons. The van der Waals surface area contributed by atoms with Crippen LogP contribution in [0.3, 0.4) is 0 Å². The highest BCUT2D eigenvalue weighted by molar-refractivity contribution is 6.36. The molecule has 33 heavy (non-hydrogen) atoms. The van der Waals surface area contributed by atoms with Gasteiger partial charge in [0.15, 0.2) is 6.10 Å². The summed E-state index contributed by atoms with van der Waals surface area (Å²) in [6, 6.07) is 22.8. The van der Waals surface area contributed by atoms with E-state index in [1.165, 1.54) is 0 Å². The lowest BCUT2D eigenvalue weighted by Gasteiger charge is -2.44. The summed E-state index contributed by atoms with van der Waals surface area (Å²) in [6.45, 7) is 4.02. The number of rotatable bonds is 6. The maximum Gasteiger partial charge on any atom is 0.256 e. The lowest BCUT2D eigenvalue weighted by Crippen LogP contribution is -2.52. The highest BCUT2D eigenvalue weighted by Gasteiger charge is 2.35. The summed E-state index contributed by atoms with van der Waals surface area (Å²) >= 11 is 18.8. The van der Waals surface area contributed by atoms with Gasteiger partial charge in [0, 0.05) is 36.3 Å². The van der Waals surface area contributed by atoms with Crippen LogP contribution in [0.2, 0.25) is 15.1 Å². The topological polar surface area (TPSA) is 32.8 Å². The summed E-state index contributed by atoms with van der Waals surface area (Å²) in [5, 5.41) is 1.83. The summed E-state index contributed by atoms with van der Waals surface area (Å²) < 4.78 is 5.89. The summed E-state index contributed by atoms with van der Waals surface area (Å²) in [5.74, 6) is -0.0381. The summed E-state index contributed by atoms with van der Waals surface area (Å²) in [7, 11) is 0. The first-order chi connectivity index (χ1) is 16.0. The number of anilines is 1. The number of nitrogens with zero attached hydrogens (tertiary/aromatic N) is 2. The van der Waals surface area contributed by atoms with E-state index in [4.69, 9.17) is 39.5 Å². The molecular weight excluding hydrogens is 479 g/mol. The van der Waals surface area contributed by atoms with Crippen molar-refractivity contribution in [2.75, 3.05) is 31.1 Å². The Morgan fingerprint density at radius 2 is 1.67 bits per heavy atom. The van der Waals surface area contributed by atoms with Gasteiger partial charge in [-0.1, -0.05) is 77.3 Å². The van der Waals surface area contributed by atoms with Crippen molar-refractivity contribution in [2.24, 2.45) is 0 Å². The molecule has 172 valence electrons. The molecule has 1 aliphatic rings. The first kappa shape index (κ1) is 23.9. The fraction of sp³-hybridized carbons (Fsp3) is 0.269. The summed E-state index contributed by atoms with van der Waals surface area (Å²) in [5.41, 5.74) is 2.80. The van der Waals surface area contributed by atoms with Crippen LogP contribution in [0, 0.1) is 0 Å². The molecule has 2 unspecified atom stereocenters. The van der Waals surface area contributed by atoms with Crippen molar-refractivity contribution in [3.05, 3.63) is 99.0 Å². The van der Waals surface area contributed by atoms with Gasteiger partial charge in [-0.15, -0.1) is 0 Å². The van der Waals surface area contributed by atoms with Crippen molar-refractivity contribution in [3.63, 3.8) is 0 Å². The van der Waals surface area contributed by atoms with Crippen molar-refractivity contribution in [2.45, 2.75) is 19.1 Å². The van der Waals surface area contributed by atoms with Crippen LogP contribution in [-0.4, -0.2) is 37.0 Å². The molecule has 0 bridgehead atoms. The number of hydrogen-bond acceptors (Lipinski definition) is 3. The molecule has 7 heteroatoms. The zero-order chi connectivity index (χ0) is 23.4. The monoisotopic (exact) mass is 502 g/mol. The standard InChI is InChI=1S/C26H25Cl3N2O2/c1-2-33-25(19-6-4-3-5-7-19)26(32)30-14-15-31(23-13-12-21(28)16-22(23)29)24(17-30)18-8-10-20(27)11-9-18/h3-13,16,24-25H,2,14-15,17H2,1H3. The third-order valence-electron chi connectivity index (χ3n) is 5.83.